The number of rotatable bonds is 8. The molecule has 266 valence electrons. The van der Waals surface area contributed by atoms with Crippen molar-refractivity contribution in [1.29, 1.82) is 0 Å². The van der Waals surface area contributed by atoms with E-state index >= 15 is 0 Å². The number of aromatic nitrogens is 5. The first-order valence-corrected chi connectivity index (χ1v) is 16.9. The number of aliphatic hydroxyl groups is 1. The van der Waals surface area contributed by atoms with Gasteiger partial charge < -0.3 is 25.2 Å². The fraction of sp³-hybridized carbons (Fsp3) is 0.361. The smallest absolute Gasteiger partial charge is 0.332 e. The second-order valence-corrected chi connectivity index (χ2v) is 13.2. The summed E-state index contributed by atoms with van der Waals surface area (Å²) in [6.07, 6.45) is -1.29. The van der Waals surface area contributed by atoms with Crippen LogP contribution < -0.4 is 26.6 Å². The van der Waals surface area contributed by atoms with Crippen molar-refractivity contribution < 1.29 is 23.4 Å². The predicted octanol–water partition coefficient (Wildman–Crippen LogP) is 5.13. The number of fused-ring (bicyclic) bond motifs is 2. The molecule has 1 saturated heterocycles. The van der Waals surface area contributed by atoms with Crippen molar-refractivity contribution in [2.45, 2.75) is 50.8 Å². The van der Waals surface area contributed by atoms with Gasteiger partial charge in [0.15, 0.2) is 11.5 Å². The SMILES string of the molecule is COc1nc(-c2cccc(-c3cccc(Nc4nc(C(F)F)nc5c4c(=O)n(C)c(=O)n5C)c3C)c2Cl)cc2c1[C@@H](N[C@@H]1CCOC[C@@H]1O)CC2. The van der Waals surface area contributed by atoms with Crippen LogP contribution in [0.25, 0.3) is 33.4 Å². The minimum atomic E-state index is -3.04. The van der Waals surface area contributed by atoms with Crippen molar-refractivity contribution in [2.75, 3.05) is 25.6 Å². The maximum absolute atomic E-state index is 13.9. The molecule has 1 aliphatic carbocycles. The Bertz CT molecular complexity index is 2300. The number of nitrogens with zero attached hydrogens (tertiary/aromatic N) is 5. The van der Waals surface area contributed by atoms with Gasteiger partial charge in [0.05, 0.1) is 30.5 Å². The van der Waals surface area contributed by atoms with Crippen molar-refractivity contribution in [3.8, 4) is 28.3 Å². The molecule has 0 saturated carbocycles. The third kappa shape index (κ3) is 6.15. The number of halogens is 3. The molecule has 0 amide bonds. The largest absolute Gasteiger partial charge is 0.481 e. The zero-order valence-electron chi connectivity index (χ0n) is 28.3. The van der Waals surface area contributed by atoms with Crippen molar-refractivity contribution in [3.63, 3.8) is 0 Å². The minimum absolute atomic E-state index is 0.0252. The Balaban J connectivity index is 1.26. The van der Waals surface area contributed by atoms with Crippen LogP contribution in [-0.4, -0.2) is 61.7 Å². The summed E-state index contributed by atoms with van der Waals surface area (Å²) in [5.41, 5.74) is 4.39. The van der Waals surface area contributed by atoms with Gasteiger partial charge in [-0.25, -0.2) is 28.5 Å². The van der Waals surface area contributed by atoms with E-state index in [0.717, 1.165) is 38.7 Å². The van der Waals surface area contributed by atoms with Crippen LogP contribution in [-0.2, 0) is 25.3 Å². The van der Waals surface area contributed by atoms with E-state index in [1.54, 1.807) is 19.2 Å². The third-order valence-electron chi connectivity index (χ3n) is 9.76. The zero-order valence-corrected chi connectivity index (χ0v) is 29.1. The number of hydrogen-bond acceptors (Lipinski definition) is 10. The van der Waals surface area contributed by atoms with Crippen LogP contribution in [0.15, 0.2) is 52.1 Å². The first kappa shape index (κ1) is 34.7. The van der Waals surface area contributed by atoms with Gasteiger partial charge in [0.1, 0.15) is 11.2 Å². The van der Waals surface area contributed by atoms with Gasteiger partial charge in [0.25, 0.3) is 12.0 Å². The summed E-state index contributed by atoms with van der Waals surface area (Å²) < 4.78 is 40.9. The third-order valence-corrected chi connectivity index (χ3v) is 10.2. The van der Waals surface area contributed by atoms with Gasteiger partial charge in [-0.2, -0.15) is 0 Å². The molecule has 4 heterocycles. The highest BCUT2D eigenvalue weighted by molar-refractivity contribution is 6.36. The normalized spacial score (nSPS) is 18.7. The zero-order chi connectivity index (χ0) is 36.1. The minimum Gasteiger partial charge on any atom is -0.481 e. The molecule has 0 bridgehead atoms. The van der Waals surface area contributed by atoms with E-state index in [1.165, 1.54) is 14.1 Å². The fourth-order valence-corrected chi connectivity index (χ4v) is 7.36. The van der Waals surface area contributed by atoms with Gasteiger partial charge in [-0.1, -0.05) is 41.9 Å². The fourth-order valence-electron chi connectivity index (χ4n) is 7.03. The number of alkyl halides is 2. The van der Waals surface area contributed by atoms with Crippen molar-refractivity contribution in [2.24, 2.45) is 14.1 Å². The summed E-state index contributed by atoms with van der Waals surface area (Å²) in [4.78, 5) is 38.5. The van der Waals surface area contributed by atoms with Crippen LogP contribution in [0.5, 0.6) is 5.88 Å². The summed E-state index contributed by atoms with van der Waals surface area (Å²) in [6.45, 7) is 2.73. The number of nitrogens with one attached hydrogen (secondary N) is 2. The molecule has 0 unspecified atom stereocenters. The molecule has 3 aromatic heterocycles. The monoisotopic (exact) mass is 719 g/mol. The molecule has 3 atom stereocenters. The Kier molecular flexibility index (Phi) is 9.35. The number of anilines is 2. The van der Waals surface area contributed by atoms with Crippen molar-refractivity contribution >= 4 is 34.1 Å². The van der Waals surface area contributed by atoms with Gasteiger partial charge in [-0.05, 0) is 55.0 Å². The molecule has 1 aliphatic heterocycles. The Morgan fingerprint density at radius 2 is 1.78 bits per heavy atom. The summed E-state index contributed by atoms with van der Waals surface area (Å²) in [6, 6.07) is 13.0. The van der Waals surface area contributed by atoms with E-state index in [9.17, 15) is 23.5 Å². The van der Waals surface area contributed by atoms with Crippen LogP contribution in [0.4, 0.5) is 20.3 Å². The number of aliphatic hydroxyl groups excluding tert-OH is 1. The average Bonchev–Trinajstić information content (AvgIpc) is 3.53. The summed E-state index contributed by atoms with van der Waals surface area (Å²) in [7, 11) is 4.25. The lowest BCUT2D eigenvalue weighted by molar-refractivity contribution is -0.0304. The first-order valence-electron chi connectivity index (χ1n) is 16.5. The molecular weight excluding hydrogens is 684 g/mol. The quantitative estimate of drug-likeness (QED) is 0.197. The Morgan fingerprint density at radius 3 is 2.53 bits per heavy atom. The maximum atomic E-state index is 13.9. The van der Waals surface area contributed by atoms with E-state index in [4.69, 9.17) is 26.1 Å². The summed E-state index contributed by atoms with van der Waals surface area (Å²) >= 11 is 7.15. The molecule has 15 heteroatoms. The van der Waals surface area contributed by atoms with Crippen molar-refractivity contribution in [3.05, 3.63) is 90.8 Å². The van der Waals surface area contributed by atoms with E-state index < -0.39 is 29.6 Å². The lowest BCUT2D eigenvalue weighted by atomic mass is 9.96. The Labute approximate surface area is 296 Å². The van der Waals surface area contributed by atoms with Gasteiger partial charge in [-0.15, -0.1) is 0 Å². The molecule has 0 radical (unpaired) electrons. The lowest BCUT2D eigenvalue weighted by Crippen LogP contribution is -2.47. The van der Waals surface area contributed by atoms with E-state index in [2.05, 4.69) is 20.6 Å². The molecule has 0 spiro atoms. The van der Waals surface area contributed by atoms with Crippen molar-refractivity contribution in [1.82, 2.24) is 29.4 Å². The predicted molar refractivity (Wildman–Crippen MR) is 189 cm³/mol. The molecule has 2 aromatic carbocycles. The highest BCUT2D eigenvalue weighted by atomic mass is 35.5. The summed E-state index contributed by atoms with van der Waals surface area (Å²) in [5.74, 6) is -0.481. The standard InChI is InChI=1S/C36H36ClF2N7O5/c1-17-19(7-6-10-22(17)41-31-28-33(44-32(43-31)30(38)39)45(2)36(49)46(3)35(28)48)20-8-5-9-21(29(20)37)25-15-18-11-12-24(27(18)34(42-25)50-4)40-23-13-14-51-16-26(23)47/h5-10,15,23-24,26,30,40,47H,11-14,16H2,1-4H3,(H,41,43,44)/t23-,24+,26+/m1/s1. The number of hydrogen-bond donors (Lipinski definition) is 3. The van der Waals surface area contributed by atoms with E-state index in [-0.39, 0.29) is 28.9 Å². The Morgan fingerprint density at radius 1 is 1.04 bits per heavy atom. The first-order chi connectivity index (χ1) is 24.5. The topological polar surface area (TPSA) is 145 Å². The molecular formula is C36H36ClF2N7O5. The van der Waals surface area contributed by atoms with Crippen LogP contribution >= 0.6 is 11.6 Å². The molecule has 12 nitrogen and oxygen atoms in total. The maximum Gasteiger partial charge on any atom is 0.332 e. The molecule has 1 fully saturated rings. The van der Waals surface area contributed by atoms with Crippen LogP contribution in [0.3, 0.4) is 0 Å². The highest BCUT2D eigenvalue weighted by Crippen LogP contribution is 2.43. The molecule has 3 N–H and O–H groups in total. The average molecular weight is 720 g/mol. The lowest BCUT2D eigenvalue weighted by Gasteiger charge is -2.31. The van der Waals surface area contributed by atoms with Gasteiger partial charge in [0.2, 0.25) is 5.88 Å². The van der Waals surface area contributed by atoms with Crippen LogP contribution in [0, 0.1) is 6.92 Å². The number of aryl methyl sites for hydroxylation is 2. The summed E-state index contributed by atoms with van der Waals surface area (Å²) in [5, 5.41) is 17.5. The highest BCUT2D eigenvalue weighted by Gasteiger charge is 2.33. The van der Waals surface area contributed by atoms with Crippen LogP contribution in [0.2, 0.25) is 5.02 Å². The van der Waals surface area contributed by atoms with Gasteiger partial charge in [0, 0.05) is 55.2 Å². The molecule has 51 heavy (non-hydrogen) atoms. The van der Waals surface area contributed by atoms with Gasteiger partial charge >= 0.3 is 5.69 Å². The van der Waals surface area contributed by atoms with E-state index in [1.807, 2.05) is 37.3 Å². The number of ether oxygens (including phenoxy) is 2. The Hall–Kier alpha value is -4.76. The van der Waals surface area contributed by atoms with Crippen LogP contribution in [0.1, 0.15) is 47.8 Å². The van der Waals surface area contributed by atoms with Gasteiger partial charge in [-0.3, -0.25) is 13.9 Å². The number of benzene rings is 2. The number of pyridine rings is 1. The molecule has 5 aromatic rings. The molecule has 2 aliphatic rings. The molecule has 7 rings (SSSR count). The van der Waals surface area contributed by atoms with E-state index in [0.29, 0.717) is 58.6 Å². The second-order valence-electron chi connectivity index (χ2n) is 12.8. The second kappa shape index (κ2) is 13.8. The number of methoxy groups -OCH3 is 1.